The Morgan fingerprint density at radius 3 is 2.36 bits per heavy atom. The lowest BCUT2D eigenvalue weighted by Gasteiger charge is -2.15. The van der Waals surface area contributed by atoms with E-state index in [0.29, 0.717) is 12.5 Å². The summed E-state index contributed by atoms with van der Waals surface area (Å²) < 4.78 is 0. The number of hydrogen-bond donors (Lipinski definition) is 1. The van der Waals surface area contributed by atoms with E-state index in [0.717, 1.165) is 30.6 Å². The van der Waals surface area contributed by atoms with Crippen LogP contribution in [0.1, 0.15) is 25.7 Å². The van der Waals surface area contributed by atoms with E-state index in [-0.39, 0.29) is 0 Å². The number of amides is 4. The summed E-state index contributed by atoms with van der Waals surface area (Å²) in [7, 11) is 0. The first-order valence-electron chi connectivity index (χ1n) is 4.85. The molecule has 1 saturated heterocycles. The molecular weight excluding hydrogens is 184 g/mol. The highest BCUT2D eigenvalue weighted by Crippen LogP contribution is 2.25. The fourth-order valence-electron chi connectivity index (χ4n) is 2.05. The first-order valence-corrected chi connectivity index (χ1v) is 4.85. The molecule has 14 heavy (non-hydrogen) atoms. The normalized spacial score (nSPS) is 23.4. The van der Waals surface area contributed by atoms with Gasteiger partial charge >= 0.3 is 17.8 Å². The topological polar surface area (TPSA) is 66.5 Å². The van der Waals surface area contributed by atoms with Gasteiger partial charge < -0.3 is 0 Å². The van der Waals surface area contributed by atoms with Crippen LogP contribution in [-0.4, -0.2) is 29.3 Å². The largest absolute Gasteiger partial charge is 0.331 e. The fourth-order valence-corrected chi connectivity index (χ4v) is 2.05. The minimum atomic E-state index is -0.798. The zero-order chi connectivity index (χ0) is 10.1. The zero-order valence-corrected chi connectivity index (χ0v) is 7.78. The van der Waals surface area contributed by atoms with Crippen LogP contribution in [0.25, 0.3) is 0 Å². The molecule has 0 radical (unpaired) electrons. The highest BCUT2D eigenvalue weighted by Gasteiger charge is 2.38. The van der Waals surface area contributed by atoms with Crippen molar-refractivity contribution < 1.29 is 14.4 Å². The molecular formula is C9H12N2O3. The smallest absolute Gasteiger partial charge is 0.269 e. The van der Waals surface area contributed by atoms with Gasteiger partial charge in [0, 0.05) is 6.54 Å². The molecule has 0 aromatic heterocycles. The summed E-state index contributed by atoms with van der Waals surface area (Å²) in [5.74, 6) is -1.12. The third-order valence-electron chi connectivity index (χ3n) is 2.82. The van der Waals surface area contributed by atoms with Crippen molar-refractivity contribution in [2.45, 2.75) is 25.7 Å². The minimum absolute atomic E-state index is 0.385. The van der Waals surface area contributed by atoms with Crippen molar-refractivity contribution in [3.8, 4) is 0 Å². The molecule has 2 fully saturated rings. The van der Waals surface area contributed by atoms with Crippen LogP contribution in [0.15, 0.2) is 0 Å². The standard InChI is InChI=1S/C9H12N2O3/c12-7-8(13)11(9(14)10-7)5-6-3-1-2-4-6/h6H,1-5H2,(H,10,12,14). The van der Waals surface area contributed by atoms with E-state index in [9.17, 15) is 14.4 Å². The molecule has 4 amide bonds. The summed E-state index contributed by atoms with van der Waals surface area (Å²) in [6.45, 7) is 0.399. The second-order valence-corrected chi connectivity index (χ2v) is 3.83. The van der Waals surface area contributed by atoms with E-state index >= 15 is 0 Å². The lowest BCUT2D eigenvalue weighted by Crippen LogP contribution is -2.34. The number of urea groups is 1. The van der Waals surface area contributed by atoms with Gasteiger partial charge in [-0.1, -0.05) is 12.8 Å². The number of imide groups is 2. The van der Waals surface area contributed by atoms with Gasteiger partial charge in [-0.2, -0.15) is 0 Å². The molecule has 0 aromatic carbocycles. The van der Waals surface area contributed by atoms with E-state index < -0.39 is 17.8 Å². The molecule has 2 aliphatic rings. The van der Waals surface area contributed by atoms with Gasteiger partial charge in [-0.25, -0.2) is 4.79 Å². The van der Waals surface area contributed by atoms with Crippen LogP contribution in [0.4, 0.5) is 4.79 Å². The molecule has 5 heteroatoms. The molecule has 0 bridgehead atoms. The van der Waals surface area contributed by atoms with E-state index in [1.165, 1.54) is 0 Å². The van der Waals surface area contributed by atoms with Crippen LogP contribution in [0, 0.1) is 5.92 Å². The van der Waals surface area contributed by atoms with Gasteiger partial charge in [-0.05, 0) is 18.8 Å². The number of rotatable bonds is 2. The van der Waals surface area contributed by atoms with Crippen LogP contribution in [0.3, 0.4) is 0 Å². The van der Waals surface area contributed by atoms with Gasteiger partial charge in [0.15, 0.2) is 0 Å². The summed E-state index contributed by atoms with van der Waals surface area (Å²) in [5, 5.41) is 1.99. The first kappa shape index (κ1) is 9.18. The van der Waals surface area contributed by atoms with Crippen molar-refractivity contribution in [3.05, 3.63) is 0 Å². The second kappa shape index (κ2) is 3.40. The Labute approximate surface area is 81.4 Å². The van der Waals surface area contributed by atoms with Crippen molar-refractivity contribution in [1.82, 2.24) is 10.2 Å². The van der Waals surface area contributed by atoms with E-state index in [1.54, 1.807) is 0 Å². The maximum absolute atomic E-state index is 11.2. The van der Waals surface area contributed by atoms with E-state index in [1.807, 2.05) is 5.32 Å². The molecule has 5 nitrogen and oxygen atoms in total. The molecule has 76 valence electrons. The highest BCUT2D eigenvalue weighted by atomic mass is 16.2. The van der Waals surface area contributed by atoms with Crippen molar-refractivity contribution in [3.63, 3.8) is 0 Å². The molecule has 1 saturated carbocycles. The third-order valence-corrected chi connectivity index (χ3v) is 2.82. The lowest BCUT2D eigenvalue weighted by atomic mass is 10.1. The van der Waals surface area contributed by atoms with Crippen LogP contribution < -0.4 is 5.32 Å². The Balaban J connectivity index is 1.99. The molecule has 0 aromatic rings. The van der Waals surface area contributed by atoms with Gasteiger partial charge in [0.1, 0.15) is 0 Å². The first-order chi connectivity index (χ1) is 6.68. The van der Waals surface area contributed by atoms with Crippen LogP contribution >= 0.6 is 0 Å². The SMILES string of the molecule is O=C1NC(=O)N(CC2CCCC2)C1=O. The molecule has 0 atom stereocenters. The Morgan fingerprint density at radius 2 is 1.86 bits per heavy atom. The Kier molecular flexibility index (Phi) is 2.23. The van der Waals surface area contributed by atoms with Gasteiger partial charge in [0.05, 0.1) is 0 Å². The average molecular weight is 196 g/mol. The minimum Gasteiger partial charge on any atom is -0.269 e. The van der Waals surface area contributed by atoms with E-state index in [2.05, 4.69) is 0 Å². The van der Waals surface area contributed by atoms with Crippen LogP contribution in [0.2, 0.25) is 0 Å². The fraction of sp³-hybridized carbons (Fsp3) is 0.667. The molecule has 0 unspecified atom stereocenters. The van der Waals surface area contributed by atoms with Crippen molar-refractivity contribution in [2.24, 2.45) is 5.92 Å². The Bertz CT molecular complexity index is 294. The van der Waals surface area contributed by atoms with Gasteiger partial charge in [0.2, 0.25) is 0 Å². The summed E-state index contributed by atoms with van der Waals surface area (Å²) in [6, 6.07) is -0.563. The number of nitrogens with one attached hydrogen (secondary N) is 1. The number of carbonyl (C=O) groups is 3. The molecule has 1 aliphatic heterocycles. The Morgan fingerprint density at radius 1 is 1.21 bits per heavy atom. The average Bonchev–Trinajstić information content (AvgIpc) is 2.71. The van der Waals surface area contributed by atoms with E-state index in [4.69, 9.17) is 0 Å². The van der Waals surface area contributed by atoms with Gasteiger partial charge in [0.25, 0.3) is 0 Å². The third kappa shape index (κ3) is 1.49. The van der Waals surface area contributed by atoms with Crippen LogP contribution in [0.5, 0.6) is 0 Å². The maximum atomic E-state index is 11.2. The summed E-state index contributed by atoms with van der Waals surface area (Å²) in [5.41, 5.74) is 0. The predicted octanol–water partition coefficient (Wildman–Crippen LogP) is 0.255. The molecule has 0 spiro atoms. The second-order valence-electron chi connectivity index (χ2n) is 3.83. The van der Waals surface area contributed by atoms with Gasteiger partial charge in [-0.15, -0.1) is 0 Å². The van der Waals surface area contributed by atoms with Crippen molar-refractivity contribution in [2.75, 3.05) is 6.54 Å². The van der Waals surface area contributed by atoms with Crippen LogP contribution in [-0.2, 0) is 9.59 Å². The summed E-state index contributed by atoms with van der Waals surface area (Å²) >= 11 is 0. The molecule has 1 heterocycles. The molecule has 1 aliphatic carbocycles. The van der Waals surface area contributed by atoms with Gasteiger partial charge in [-0.3, -0.25) is 19.8 Å². The lowest BCUT2D eigenvalue weighted by molar-refractivity contribution is -0.140. The highest BCUT2D eigenvalue weighted by molar-refractivity contribution is 6.44. The maximum Gasteiger partial charge on any atom is 0.331 e. The summed E-state index contributed by atoms with van der Waals surface area (Å²) in [6.07, 6.45) is 4.40. The molecule has 1 N–H and O–H groups in total. The number of hydrogen-bond acceptors (Lipinski definition) is 3. The predicted molar refractivity (Wildman–Crippen MR) is 47.2 cm³/mol. The van der Waals surface area contributed by atoms with Crippen molar-refractivity contribution >= 4 is 17.8 Å². The number of carbonyl (C=O) groups excluding carboxylic acids is 3. The summed E-state index contributed by atoms with van der Waals surface area (Å²) in [4.78, 5) is 34.2. The quantitative estimate of drug-likeness (QED) is 0.508. The zero-order valence-electron chi connectivity index (χ0n) is 7.78. The molecule has 2 rings (SSSR count). The monoisotopic (exact) mass is 196 g/mol. The number of nitrogens with zero attached hydrogens (tertiary/aromatic N) is 1. The van der Waals surface area contributed by atoms with Crippen molar-refractivity contribution in [1.29, 1.82) is 0 Å². The Hall–Kier alpha value is -1.39.